The fourth-order valence-corrected chi connectivity index (χ4v) is 2.91. The molecule has 2 atom stereocenters. The van der Waals surface area contributed by atoms with Crippen LogP contribution in [-0.4, -0.2) is 37.9 Å². The van der Waals surface area contributed by atoms with Crippen LogP contribution < -0.4 is 0 Å². The normalized spacial score (nSPS) is 24.1. The first-order valence-electron chi connectivity index (χ1n) is 7.03. The summed E-state index contributed by atoms with van der Waals surface area (Å²) in [7, 11) is 0. The van der Waals surface area contributed by atoms with E-state index in [9.17, 15) is 9.90 Å². The molecular formula is C15H19N3O2. The number of hydrogen-bond donors (Lipinski definition) is 1. The van der Waals surface area contributed by atoms with Gasteiger partial charge in [-0.05, 0) is 37.4 Å². The molecule has 3 heterocycles. The van der Waals surface area contributed by atoms with E-state index in [1.54, 1.807) is 0 Å². The van der Waals surface area contributed by atoms with E-state index in [1.165, 1.54) is 0 Å². The number of piperidine rings is 1. The van der Waals surface area contributed by atoms with Crippen molar-refractivity contribution in [2.24, 2.45) is 5.92 Å². The average Bonchev–Trinajstić information content (AvgIpc) is 2.82. The summed E-state index contributed by atoms with van der Waals surface area (Å²) < 4.78 is 1.97. The van der Waals surface area contributed by atoms with Gasteiger partial charge in [0.1, 0.15) is 11.7 Å². The number of carbonyl (C=O) groups is 1. The Kier molecular flexibility index (Phi) is 3.44. The Morgan fingerprint density at radius 3 is 3.10 bits per heavy atom. The number of carboxylic acids is 1. The first-order chi connectivity index (χ1) is 9.63. The molecule has 3 rings (SSSR count). The Morgan fingerprint density at radius 2 is 2.35 bits per heavy atom. The Balaban J connectivity index is 1.80. The summed E-state index contributed by atoms with van der Waals surface area (Å²) in [5.41, 5.74) is 1.83. The van der Waals surface area contributed by atoms with Gasteiger partial charge in [-0.25, -0.2) is 4.98 Å². The molecule has 0 aromatic carbocycles. The summed E-state index contributed by atoms with van der Waals surface area (Å²) in [6.45, 7) is 3.55. The molecule has 1 fully saturated rings. The van der Waals surface area contributed by atoms with Crippen LogP contribution in [0, 0.1) is 5.92 Å². The highest BCUT2D eigenvalue weighted by Gasteiger charge is 2.31. The quantitative estimate of drug-likeness (QED) is 0.929. The van der Waals surface area contributed by atoms with Crippen LogP contribution in [0.5, 0.6) is 0 Å². The fraction of sp³-hybridized carbons (Fsp3) is 0.467. The molecular weight excluding hydrogens is 254 g/mol. The second kappa shape index (κ2) is 5.25. The molecule has 106 valence electrons. The minimum Gasteiger partial charge on any atom is -0.480 e. The van der Waals surface area contributed by atoms with Gasteiger partial charge in [-0.3, -0.25) is 9.69 Å². The second-order valence-corrected chi connectivity index (χ2v) is 5.65. The molecule has 1 aliphatic heterocycles. The van der Waals surface area contributed by atoms with Crippen LogP contribution in [0.15, 0.2) is 30.6 Å². The van der Waals surface area contributed by atoms with Crippen LogP contribution in [0.4, 0.5) is 0 Å². The Labute approximate surface area is 117 Å². The highest BCUT2D eigenvalue weighted by molar-refractivity contribution is 5.73. The molecule has 2 unspecified atom stereocenters. The Bertz CT molecular complexity index is 589. The molecule has 0 bridgehead atoms. The molecule has 0 amide bonds. The van der Waals surface area contributed by atoms with Gasteiger partial charge in [0.2, 0.25) is 0 Å². The lowest BCUT2D eigenvalue weighted by Crippen LogP contribution is -2.46. The van der Waals surface area contributed by atoms with Crippen LogP contribution in [0.1, 0.15) is 25.5 Å². The largest absolute Gasteiger partial charge is 0.480 e. The summed E-state index contributed by atoms with van der Waals surface area (Å²) in [6.07, 6.45) is 5.71. The van der Waals surface area contributed by atoms with Gasteiger partial charge in [-0.2, -0.15) is 0 Å². The van der Waals surface area contributed by atoms with Crippen LogP contribution in [-0.2, 0) is 11.3 Å². The van der Waals surface area contributed by atoms with Gasteiger partial charge in [0.25, 0.3) is 0 Å². The van der Waals surface area contributed by atoms with Gasteiger partial charge in [0.05, 0.1) is 5.69 Å². The standard InChI is InChI=1S/C15H19N3O2/c1-11-5-7-17(13(8-11)15(19)20)9-12-10-18-6-3-2-4-14(18)16-12/h2-4,6,10-11,13H,5,7-9H2,1H3,(H,19,20). The lowest BCUT2D eigenvalue weighted by Gasteiger charge is -2.35. The van der Waals surface area contributed by atoms with Crippen molar-refractivity contribution in [3.8, 4) is 0 Å². The number of pyridine rings is 1. The predicted octanol–water partition coefficient (Wildman–Crippen LogP) is 2.02. The van der Waals surface area contributed by atoms with Crippen LogP contribution in [0.25, 0.3) is 5.65 Å². The number of aliphatic carboxylic acids is 1. The summed E-state index contributed by atoms with van der Waals surface area (Å²) in [4.78, 5) is 18.0. The lowest BCUT2D eigenvalue weighted by molar-refractivity contribution is -0.145. The van der Waals surface area contributed by atoms with E-state index in [2.05, 4.69) is 11.9 Å². The number of hydrogen-bond acceptors (Lipinski definition) is 3. The maximum absolute atomic E-state index is 11.4. The third-order valence-electron chi connectivity index (χ3n) is 4.04. The van der Waals surface area contributed by atoms with Gasteiger partial charge < -0.3 is 9.51 Å². The van der Waals surface area contributed by atoms with Crippen LogP contribution in [0.2, 0.25) is 0 Å². The minimum absolute atomic E-state index is 0.386. The highest BCUT2D eigenvalue weighted by atomic mass is 16.4. The molecule has 1 N–H and O–H groups in total. The monoisotopic (exact) mass is 273 g/mol. The Morgan fingerprint density at radius 1 is 1.50 bits per heavy atom. The lowest BCUT2D eigenvalue weighted by atomic mass is 9.92. The number of nitrogens with zero attached hydrogens (tertiary/aromatic N) is 3. The SMILES string of the molecule is CC1CCN(Cc2cn3ccccc3n2)C(C(=O)O)C1. The Hall–Kier alpha value is -1.88. The van der Waals surface area contributed by atoms with E-state index < -0.39 is 5.97 Å². The zero-order chi connectivity index (χ0) is 14.1. The molecule has 5 nitrogen and oxygen atoms in total. The fourth-order valence-electron chi connectivity index (χ4n) is 2.91. The first kappa shape index (κ1) is 13.1. The molecule has 5 heteroatoms. The summed E-state index contributed by atoms with van der Waals surface area (Å²) in [5.74, 6) is -0.242. The number of likely N-dealkylation sites (tertiary alicyclic amines) is 1. The maximum atomic E-state index is 11.4. The van der Waals surface area contributed by atoms with Crippen LogP contribution in [0.3, 0.4) is 0 Å². The molecule has 20 heavy (non-hydrogen) atoms. The molecule has 0 spiro atoms. The average molecular weight is 273 g/mol. The molecule has 0 radical (unpaired) electrons. The molecule has 1 aliphatic rings. The number of aromatic nitrogens is 2. The summed E-state index contributed by atoms with van der Waals surface area (Å²) in [6, 6.07) is 5.48. The summed E-state index contributed by atoms with van der Waals surface area (Å²) in [5, 5.41) is 9.38. The van der Waals surface area contributed by atoms with E-state index >= 15 is 0 Å². The van der Waals surface area contributed by atoms with E-state index in [0.717, 1.165) is 30.7 Å². The molecule has 0 saturated carbocycles. The summed E-state index contributed by atoms with van der Waals surface area (Å²) >= 11 is 0. The minimum atomic E-state index is -0.722. The number of fused-ring (bicyclic) bond motifs is 1. The third-order valence-corrected chi connectivity index (χ3v) is 4.04. The maximum Gasteiger partial charge on any atom is 0.320 e. The smallest absolute Gasteiger partial charge is 0.320 e. The third kappa shape index (κ3) is 2.54. The molecule has 2 aromatic heterocycles. The zero-order valence-corrected chi connectivity index (χ0v) is 11.6. The van der Waals surface area contributed by atoms with E-state index in [0.29, 0.717) is 12.5 Å². The number of imidazole rings is 1. The van der Waals surface area contributed by atoms with Crippen molar-refractivity contribution >= 4 is 11.6 Å². The van der Waals surface area contributed by atoms with E-state index in [-0.39, 0.29) is 6.04 Å². The van der Waals surface area contributed by atoms with Crippen molar-refractivity contribution < 1.29 is 9.90 Å². The van der Waals surface area contributed by atoms with Gasteiger partial charge >= 0.3 is 5.97 Å². The van der Waals surface area contributed by atoms with Crippen molar-refractivity contribution in [3.63, 3.8) is 0 Å². The van der Waals surface area contributed by atoms with E-state index in [1.807, 2.05) is 39.9 Å². The van der Waals surface area contributed by atoms with Gasteiger partial charge in [0, 0.05) is 18.9 Å². The molecule has 1 saturated heterocycles. The van der Waals surface area contributed by atoms with Crippen molar-refractivity contribution in [1.82, 2.24) is 14.3 Å². The number of carboxylic acid groups (broad SMARTS) is 1. The zero-order valence-electron chi connectivity index (χ0n) is 11.6. The molecule has 0 aliphatic carbocycles. The van der Waals surface area contributed by atoms with Crippen molar-refractivity contribution in [3.05, 3.63) is 36.3 Å². The predicted molar refractivity (Wildman–Crippen MR) is 75.4 cm³/mol. The highest BCUT2D eigenvalue weighted by Crippen LogP contribution is 2.24. The van der Waals surface area contributed by atoms with Gasteiger partial charge in [-0.1, -0.05) is 13.0 Å². The van der Waals surface area contributed by atoms with Crippen molar-refractivity contribution in [1.29, 1.82) is 0 Å². The topological polar surface area (TPSA) is 57.8 Å². The van der Waals surface area contributed by atoms with Crippen molar-refractivity contribution in [2.45, 2.75) is 32.4 Å². The number of rotatable bonds is 3. The molecule has 2 aromatic rings. The van der Waals surface area contributed by atoms with E-state index in [4.69, 9.17) is 0 Å². The van der Waals surface area contributed by atoms with Gasteiger partial charge in [-0.15, -0.1) is 0 Å². The van der Waals surface area contributed by atoms with Gasteiger partial charge in [0.15, 0.2) is 0 Å². The van der Waals surface area contributed by atoms with Crippen LogP contribution >= 0.6 is 0 Å². The second-order valence-electron chi connectivity index (χ2n) is 5.65. The first-order valence-corrected chi connectivity index (χ1v) is 7.03. The van der Waals surface area contributed by atoms with Crippen molar-refractivity contribution in [2.75, 3.05) is 6.54 Å².